The highest BCUT2D eigenvalue weighted by molar-refractivity contribution is 6.35. The molecule has 0 bridgehead atoms. The van der Waals surface area contributed by atoms with Gasteiger partial charge in [0.05, 0.1) is 11.2 Å². The SMILES string of the molecule is CCC(N)Cc1cc(Cl)cc(Cl)c1OCc1ccno1. The van der Waals surface area contributed by atoms with Crippen LogP contribution >= 0.6 is 23.2 Å². The number of aromatic nitrogens is 1. The highest BCUT2D eigenvalue weighted by Gasteiger charge is 2.14. The normalized spacial score (nSPS) is 12.4. The third-order valence-electron chi connectivity index (χ3n) is 2.94. The van der Waals surface area contributed by atoms with Gasteiger partial charge in [0.1, 0.15) is 12.4 Å². The van der Waals surface area contributed by atoms with Gasteiger partial charge in [-0.25, -0.2) is 0 Å². The molecular weight excluding hydrogens is 299 g/mol. The summed E-state index contributed by atoms with van der Waals surface area (Å²) in [7, 11) is 0. The second-order valence-corrected chi connectivity index (χ2v) is 5.36. The van der Waals surface area contributed by atoms with Gasteiger partial charge in [-0.1, -0.05) is 35.3 Å². The molecule has 0 aliphatic carbocycles. The van der Waals surface area contributed by atoms with E-state index in [9.17, 15) is 0 Å². The zero-order chi connectivity index (χ0) is 14.5. The molecule has 0 saturated carbocycles. The first-order valence-electron chi connectivity index (χ1n) is 6.36. The molecule has 108 valence electrons. The van der Waals surface area contributed by atoms with E-state index in [1.54, 1.807) is 18.3 Å². The molecule has 2 N–H and O–H groups in total. The second-order valence-electron chi connectivity index (χ2n) is 4.52. The monoisotopic (exact) mass is 314 g/mol. The van der Waals surface area contributed by atoms with Crippen LogP contribution in [0.4, 0.5) is 0 Å². The van der Waals surface area contributed by atoms with Gasteiger partial charge in [0, 0.05) is 17.1 Å². The Hall–Kier alpha value is -1.23. The summed E-state index contributed by atoms with van der Waals surface area (Å²) in [4.78, 5) is 0. The molecular formula is C14H16Cl2N2O2. The van der Waals surface area contributed by atoms with Gasteiger partial charge in [0.15, 0.2) is 5.76 Å². The molecule has 1 heterocycles. The quantitative estimate of drug-likeness (QED) is 0.880. The highest BCUT2D eigenvalue weighted by Crippen LogP contribution is 2.33. The number of rotatable bonds is 6. The van der Waals surface area contributed by atoms with Crippen LogP contribution in [0.2, 0.25) is 10.0 Å². The van der Waals surface area contributed by atoms with E-state index >= 15 is 0 Å². The summed E-state index contributed by atoms with van der Waals surface area (Å²) in [5.74, 6) is 1.22. The number of nitrogens with zero attached hydrogens (tertiary/aromatic N) is 1. The van der Waals surface area contributed by atoms with Crippen molar-refractivity contribution < 1.29 is 9.26 Å². The Morgan fingerprint density at radius 1 is 1.40 bits per heavy atom. The van der Waals surface area contributed by atoms with Crippen LogP contribution in [0.15, 0.2) is 28.9 Å². The lowest BCUT2D eigenvalue weighted by molar-refractivity contribution is 0.247. The molecule has 0 fully saturated rings. The molecule has 0 amide bonds. The first kappa shape index (κ1) is 15.2. The zero-order valence-corrected chi connectivity index (χ0v) is 12.6. The number of nitrogens with two attached hydrogens (primary N) is 1. The average molecular weight is 315 g/mol. The fourth-order valence-corrected chi connectivity index (χ4v) is 2.40. The van der Waals surface area contributed by atoms with Crippen molar-refractivity contribution in [2.75, 3.05) is 0 Å². The first-order valence-corrected chi connectivity index (χ1v) is 7.11. The summed E-state index contributed by atoms with van der Waals surface area (Å²) >= 11 is 12.2. The molecule has 6 heteroatoms. The third-order valence-corrected chi connectivity index (χ3v) is 3.44. The molecule has 0 saturated heterocycles. The molecule has 0 spiro atoms. The highest BCUT2D eigenvalue weighted by atomic mass is 35.5. The van der Waals surface area contributed by atoms with Gasteiger partial charge in [-0.05, 0) is 30.5 Å². The molecule has 1 aromatic carbocycles. The van der Waals surface area contributed by atoms with Crippen molar-refractivity contribution in [1.29, 1.82) is 0 Å². The molecule has 20 heavy (non-hydrogen) atoms. The molecule has 0 aliphatic rings. The Balaban J connectivity index is 2.20. The Bertz CT molecular complexity index is 559. The summed E-state index contributed by atoms with van der Waals surface area (Å²) in [5, 5.41) is 4.66. The van der Waals surface area contributed by atoms with Crippen molar-refractivity contribution >= 4 is 23.2 Å². The minimum Gasteiger partial charge on any atom is -0.484 e. The largest absolute Gasteiger partial charge is 0.484 e. The van der Waals surface area contributed by atoms with Gasteiger partial charge in [-0.15, -0.1) is 0 Å². The predicted octanol–water partition coefficient (Wildman–Crippen LogP) is 3.84. The van der Waals surface area contributed by atoms with Crippen molar-refractivity contribution in [3.05, 3.63) is 45.8 Å². The average Bonchev–Trinajstić information content (AvgIpc) is 2.90. The van der Waals surface area contributed by atoms with Crippen LogP contribution in [-0.4, -0.2) is 11.2 Å². The Kier molecular flexibility index (Phi) is 5.29. The predicted molar refractivity (Wildman–Crippen MR) is 79.3 cm³/mol. The smallest absolute Gasteiger partial charge is 0.174 e. The number of halogens is 2. The fraction of sp³-hybridized carbons (Fsp3) is 0.357. The van der Waals surface area contributed by atoms with E-state index in [1.807, 2.05) is 13.0 Å². The van der Waals surface area contributed by atoms with Crippen molar-refractivity contribution in [2.45, 2.75) is 32.4 Å². The summed E-state index contributed by atoms with van der Waals surface area (Å²) in [5.41, 5.74) is 6.89. The summed E-state index contributed by atoms with van der Waals surface area (Å²) in [6.07, 6.45) is 3.09. The Morgan fingerprint density at radius 3 is 2.85 bits per heavy atom. The van der Waals surface area contributed by atoms with Crippen molar-refractivity contribution in [3.63, 3.8) is 0 Å². The lowest BCUT2D eigenvalue weighted by Crippen LogP contribution is -2.21. The van der Waals surface area contributed by atoms with Gasteiger partial charge in [0.25, 0.3) is 0 Å². The first-order chi connectivity index (χ1) is 9.60. The summed E-state index contributed by atoms with van der Waals surface area (Å²) < 4.78 is 10.7. The van der Waals surface area contributed by atoms with E-state index in [2.05, 4.69) is 5.16 Å². The van der Waals surface area contributed by atoms with Crippen LogP contribution in [0.5, 0.6) is 5.75 Å². The molecule has 1 aromatic heterocycles. The lowest BCUT2D eigenvalue weighted by Gasteiger charge is -2.15. The van der Waals surface area contributed by atoms with E-state index in [4.69, 9.17) is 38.2 Å². The van der Waals surface area contributed by atoms with E-state index < -0.39 is 0 Å². The summed E-state index contributed by atoms with van der Waals surface area (Å²) in [6.45, 7) is 2.29. The van der Waals surface area contributed by atoms with Crippen LogP contribution in [0.3, 0.4) is 0 Å². The standard InChI is InChI=1S/C14H16Cl2N2O2/c1-2-11(17)6-9-5-10(15)7-13(16)14(9)19-8-12-3-4-18-20-12/h3-5,7,11H,2,6,8,17H2,1H3. The maximum atomic E-state index is 6.20. The number of hydrogen-bond donors (Lipinski definition) is 1. The zero-order valence-electron chi connectivity index (χ0n) is 11.1. The lowest BCUT2D eigenvalue weighted by atomic mass is 10.0. The molecule has 2 rings (SSSR count). The number of benzene rings is 1. The third kappa shape index (κ3) is 3.88. The molecule has 1 atom stereocenters. The van der Waals surface area contributed by atoms with Gasteiger partial charge in [-0.3, -0.25) is 0 Å². The number of hydrogen-bond acceptors (Lipinski definition) is 4. The molecule has 0 aliphatic heterocycles. The van der Waals surface area contributed by atoms with Gasteiger partial charge >= 0.3 is 0 Å². The van der Waals surface area contributed by atoms with Crippen LogP contribution < -0.4 is 10.5 Å². The molecule has 2 aromatic rings. The van der Waals surface area contributed by atoms with Gasteiger partial charge in [-0.2, -0.15) is 0 Å². The van der Waals surface area contributed by atoms with Gasteiger partial charge < -0.3 is 15.0 Å². The molecule has 1 unspecified atom stereocenters. The van der Waals surface area contributed by atoms with E-state index in [0.29, 0.717) is 28.0 Å². The maximum absolute atomic E-state index is 6.20. The van der Waals surface area contributed by atoms with Crippen LogP contribution in [-0.2, 0) is 13.0 Å². The molecule has 4 nitrogen and oxygen atoms in total. The maximum Gasteiger partial charge on any atom is 0.174 e. The van der Waals surface area contributed by atoms with E-state index in [0.717, 1.165) is 12.0 Å². The summed E-state index contributed by atoms with van der Waals surface area (Å²) in [6, 6.07) is 5.26. The van der Waals surface area contributed by atoms with Crippen molar-refractivity contribution in [2.24, 2.45) is 5.73 Å². The molecule has 0 radical (unpaired) electrons. The van der Waals surface area contributed by atoms with Crippen LogP contribution in [0, 0.1) is 0 Å². The minimum atomic E-state index is 0.0390. The number of ether oxygens (including phenoxy) is 1. The van der Waals surface area contributed by atoms with Crippen LogP contribution in [0.25, 0.3) is 0 Å². The van der Waals surface area contributed by atoms with E-state index in [-0.39, 0.29) is 12.6 Å². The topological polar surface area (TPSA) is 61.3 Å². The van der Waals surface area contributed by atoms with Crippen molar-refractivity contribution in [3.8, 4) is 5.75 Å². The fourth-order valence-electron chi connectivity index (χ4n) is 1.81. The van der Waals surface area contributed by atoms with Crippen LogP contribution in [0.1, 0.15) is 24.7 Å². The second kappa shape index (κ2) is 6.97. The Morgan fingerprint density at radius 2 is 2.20 bits per heavy atom. The minimum absolute atomic E-state index is 0.0390. The van der Waals surface area contributed by atoms with Gasteiger partial charge in [0.2, 0.25) is 0 Å². The Labute approximate surface area is 127 Å². The van der Waals surface area contributed by atoms with E-state index in [1.165, 1.54) is 0 Å². The van der Waals surface area contributed by atoms with Crippen molar-refractivity contribution in [1.82, 2.24) is 5.16 Å².